The van der Waals surface area contributed by atoms with Gasteiger partial charge in [-0.2, -0.15) is 8.78 Å². The van der Waals surface area contributed by atoms with Gasteiger partial charge in [-0.15, -0.1) is 0 Å². The van der Waals surface area contributed by atoms with Crippen LogP contribution in [0.25, 0.3) is 0 Å². The molecule has 0 aliphatic carbocycles. The zero-order valence-electron chi connectivity index (χ0n) is 14.2. The highest BCUT2D eigenvalue weighted by Gasteiger charge is 2.34. The highest BCUT2D eigenvalue weighted by molar-refractivity contribution is 7.91. The van der Waals surface area contributed by atoms with Crippen molar-refractivity contribution in [2.45, 2.75) is 10.7 Å². The fraction of sp³-hybridized carbons (Fsp3) is 0.167. The number of alkyl halides is 2. The van der Waals surface area contributed by atoms with Crippen LogP contribution in [0.5, 0.6) is 0 Å². The van der Waals surface area contributed by atoms with E-state index in [1.54, 1.807) is 12.1 Å². The van der Waals surface area contributed by atoms with E-state index in [0.717, 1.165) is 29.2 Å². The Morgan fingerprint density at radius 3 is 2.00 bits per heavy atom. The molecule has 1 heterocycles. The molecular formula is C18H13F2NO6S. The predicted octanol–water partition coefficient (Wildman–Crippen LogP) is 2.14. The molecule has 10 heteroatoms. The molecule has 0 unspecified atom stereocenters. The Morgan fingerprint density at radius 1 is 0.964 bits per heavy atom. The van der Waals surface area contributed by atoms with Gasteiger partial charge in [-0.05, 0) is 36.4 Å². The van der Waals surface area contributed by atoms with Crippen molar-refractivity contribution in [3.63, 3.8) is 0 Å². The molecule has 2 aromatic rings. The summed E-state index contributed by atoms with van der Waals surface area (Å²) >= 11 is 0. The highest BCUT2D eigenvalue weighted by Crippen LogP contribution is 2.22. The lowest BCUT2D eigenvalue weighted by Crippen LogP contribution is -2.33. The van der Waals surface area contributed by atoms with Crippen LogP contribution in [0.15, 0.2) is 53.4 Å². The molecular weight excluding hydrogens is 396 g/mol. The summed E-state index contributed by atoms with van der Waals surface area (Å²) in [7, 11) is -4.75. The number of rotatable bonds is 6. The molecule has 1 aliphatic rings. The van der Waals surface area contributed by atoms with Gasteiger partial charge in [-0.3, -0.25) is 14.5 Å². The Balaban J connectivity index is 1.60. The Morgan fingerprint density at radius 2 is 1.50 bits per heavy atom. The molecule has 0 spiro atoms. The molecule has 0 fully saturated rings. The van der Waals surface area contributed by atoms with Crippen LogP contribution in [0.3, 0.4) is 0 Å². The number of ether oxygens (including phenoxy) is 1. The van der Waals surface area contributed by atoms with Gasteiger partial charge in [0.2, 0.25) is 9.84 Å². The second-order valence-electron chi connectivity index (χ2n) is 5.77. The van der Waals surface area contributed by atoms with Gasteiger partial charge >= 0.3 is 11.7 Å². The van der Waals surface area contributed by atoms with Crippen molar-refractivity contribution in [3.05, 3.63) is 65.2 Å². The van der Waals surface area contributed by atoms with E-state index in [9.17, 15) is 31.6 Å². The van der Waals surface area contributed by atoms with Crippen LogP contribution in [-0.2, 0) is 14.6 Å². The summed E-state index contributed by atoms with van der Waals surface area (Å²) in [4.78, 5) is 36.7. The molecule has 2 amide bonds. The molecule has 0 saturated heterocycles. The van der Waals surface area contributed by atoms with E-state index in [1.165, 1.54) is 12.1 Å². The first-order chi connectivity index (χ1) is 13.2. The van der Waals surface area contributed by atoms with Crippen LogP contribution in [0.2, 0.25) is 0 Å². The topological polar surface area (TPSA) is 97.8 Å². The fourth-order valence-electron chi connectivity index (χ4n) is 2.64. The van der Waals surface area contributed by atoms with Gasteiger partial charge in [0.1, 0.15) is 6.61 Å². The molecule has 7 nitrogen and oxygen atoms in total. The number of carbonyl (C=O) groups is 3. The third-order valence-electron chi connectivity index (χ3n) is 4.08. The summed E-state index contributed by atoms with van der Waals surface area (Å²) in [6.45, 7) is -0.433. The van der Waals surface area contributed by atoms with E-state index in [1.807, 2.05) is 0 Å². The zero-order chi connectivity index (χ0) is 20.5. The minimum Gasteiger partial charge on any atom is -0.460 e. The van der Waals surface area contributed by atoms with Crippen LogP contribution in [0, 0.1) is 0 Å². The second-order valence-corrected chi connectivity index (χ2v) is 7.69. The molecule has 0 aromatic heterocycles. The first-order valence-corrected chi connectivity index (χ1v) is 9.52. The smallest absolute Gasteiger partial charge is 0.341 e. The van der Waals surface area contributed by atoms with Gasteiger partial charge in [0.15, 0.2) is 0 Å². The number of fused-ring (bicyclic) bond motifs is 1. The number of esters is 1. The van der Waals surface area contributed by atoms with E-state index in [4.69, 9.17) is 4.74 Å². The molecule has 146 valence electrons. The molecule has 0 saturated carbocycles. The lowest BCUT2D eigenvalue weighted by molar-refractivity contribution is 0.0420. The van der Waals surface area contributed by atoms with Gasteiger partial charge in [0.25, 0.3) is 11.8 Å². The number of benzene rings is 2. The van der Waals surface area contributed by atoms with Crippen LogP contribution in [0.1, 0.15) is 31.1 Å². The number of carbonyl (C=O) groups excluding carboxylic acids is 3. The maximum Gasteiger partial charge on any atom is 0.341 e. The lowest BCUT2D eigenvalue weighted by atomic mass is 10.1. The molecule has 3 rings (SSSR count). The lowest BCUT2D eigenvalue weighted by Gasteiger charge is -2.13. The van der Waals surface area contributed by atoms with E-state index in [0.29, 0.717) is 0 Å². The largest absolute Gasteiger partial charge is 0.460 e. The summed E-state index contributed by atoms with van der Waals surface area (Å²) in [6.07, 6.45) is 0. The van der Waals surface area contributed by atoms with Crippen LogP contribution >= 0.6 is 0 Å². The number of halogens is 2. The first kappa shape index (κ1) is 19.6. The average Bonchev–Trinajstić information content (AvgIpc) is 2.93. The normalized spacial score (nSPS) is 13.8. The van der Waals surface area contributed by atoms with Gasteiger partial charge in [-0.25, -0.2) is 13.2 Å². The maximum atomic E-state index is 12.5. The zero-order valence-corrected chi connectivity index (χ0v) is 15.0. The maximum absolute atomic E-state index is 12.5. The SMILES string of the molecule is O=C(OCCN1C(=O)c2ccccc2C1=O)c1ccc(S(=O)(=O)C(F)F)cc1. The minimum absolute atomic E-state index is 0.0597. The quantitative estimate of drug-likeness (QED) is 0.536. The number of imide groups is 1. The number of sulfone groups is 1. The summed E-state index contributed by atoms with van der Waals surface area (Å²) < 4.78 is 52.7. The van der Waals surface area contributed by atoms with Crippen molar-refractivity contribution in [1.82, 2.24) is 4.90 Å². The molecule has 0 N–H and O–H groups in total. The van der Waals surface area contributed by atoms with Crippen molar-refractivity contribution in [1.29, 1.82) is 0 Å². The van der Waals surface area contributed by atoms with E-state index < -0.39 is 38.3 Å². The van der Waals surface area contributed by atoms with Crippen LogP contribution < -0.4 is 0 Å². The summed E-state index contributed by atoms with van der Waals surface area (Å²) in [6, 6.07) is 10.1. The van der Waals surface area contributed by atoms with E-state index in [-0.39, 0.29) is 29.8 Å². The van der Waals surface area contributed by atoms with Gasteiger partial charge < -0.3 is 4.74 Å². The standard InChI is InChI=1S/C18H13F2NO6S/c19-18(20)28(25,26)12-7-5-11(6-8-12)17(24)27-10-9-21-15(22)13-3-1-2-4-14(13)16(21)23/h1-8,18H,9-10H2. The number of hydrogen-bond acceptors (Lipinski definition) is 6. The average molecular weight is 409 g/mol. The van der Waals surface area contributed by atoms with Gasteiger partial charge in [-0.1, -0.05) is 12.1 Å². The van der Waals surface area contributed by atoms with Crippen molar-refractivity contribution in [2.24, 2.45) is 0 Å². The van der Waals surface area contributed by atoms with Crippen molar-refractivity contribution in [3.8, 4) is 0 Å². The summed E-state index contributed by atoms with van der Waals surface area (Å²) in [5.74, 6) is -5.39. The Kier molecular flexibility index (Phi) is 5.23. The third-order valence-corrected chi connectivity index (χ3v) is 5.48. The van der Waals surface area contributed by atoms with E-state index >= 15 is 0 Å². The van der Waals surface area contributed by atoms with Crippen molar-refractivity contribution in [2.75, 3.05) is 13.2 Å². The second kappa shape index (κ2) is 7.47. The number of nitrogens with zero attached hydrogens (tertiary/aromatic N) is 1. The van der Waals surface area contributed by atoms with Crippen LogP contribution in [0.4, 0.5) is 8.78 Å². The molecule has 0 bridgehead atoms. The molecule has 0 radical (unpaired) electrons. The third kappa shape index (κ3) is 3.50. The Labute approximate surface area is 158 Å². The Bertz CT molecular complexity index is 1020. The monoisotopic (exact) mass is 409 g/mol. The minimum atomic E-state index is -4.75. The van der Waals surface area contributed by atoms with Crippen molar-refractivity contribution >= 4 is 27.6 Å². The predicted molar refractivity (Wildman–Crippen MR) is 91.7 cm³/mol. The van der Waals surface area contributed by atoms with Gasteiger partial charge in [0.05, 0.1) is 28.1 Å². The molecule has 0 atom stereocenters. The Hall–Kier alpha value is -3.14. The molecule has 2 aromatic carbocycles. The summed E-state index contributed by atoms with van der Waals surface area (Å²) in [5, 5.41) is 0. The molecule has 1 aliphatic heterocycles. The highest BCUT2D eigenvalue weighted by atomic mass is 32.2. The van der Waals surface area contributed by atoms with Gasteiger partial charge in [0, 0.05) is 0 Å². The van der Waals surface area contributed by atoms with E-state index in [2.05, 4.69) is 0 Å². The first-order valence-electron chi connectivity index (χ1n) is 7.98. The van der Waals surface area contributed by atoms with Crippen molar-refractivity contribution < 1.29 is 36.3 Å². The fourth-order valence-corrected chi connectivity index (χ4v) is 3.36. The number of amides is 2. The summed E-state index contributed by atoms with van der Waals surface area (Å²) in [5.41, 5.74) is 0.486. The number of hydrogen-bond donors (Lipinski definition) is 0. The molecule has 28 heavy (non-hydrogen) atoms. The van der Waals surface area contributed by atoms with Crippen LogP contribution in [-0.4, -0.2) is 50.0 Å².